The lowest BCUT2D eigenvalue weighted by Crippen LogP contribution is -2.29. The molecule has 4 heteroatoms. The number of nitrogens with one attached hydrogen (secondary N) is 1. The molecule has 0 fully saturated rings. The molecule has 1 aromatic carbocycles. The molecule has 2 N–H and O–H groups in total. The van der Waals surface area contributed by atoms with Gasteiger partial charge < -0.3 is 10.4 Å². The Labute approximate surface area is 116 Å². The van der Waals surface area contributed by atoms with E-state index in [0.717, 1.165) is 16.7 Å². The van der Waals surface area contributed by atoms with E-state index in [1.54, 1.807) is 0 Å². The van der Waals surface area contributed by atoms with Crippen LogP contribution in [0.25, 0.3) is 0 Å². The molecule has 2 rings (SSSR count). The minimum Gasteiger partial charge on any atom is -0.387 e. The number of aliphatic hydroxyl groups excluding tert-OH is 1. The van der Waals surface area contributed by atoms with Gasteiger partial charge in [0.25, 0.3) is 0 Å². The van der Waals surface area contributed by atoms with E-state index in [4.69, 9.17) is 0 Å². The molecule has 0 aliphatic rings. The van der Waals surface area contributed by atoms with Gasteiger partial charge in [-0.1, -0.05) is 24.3 Å². The summed E-state index contributed by atoms with van der Waals surface area (Å²) in [5.41, 5.74) is 2.97. The molecule has 0 spiro atoms. The van der Waals surface area contributed by atoms with Gasteiger partial charge in [0.05, 0.1) is 12.5 Å². The maximum absolute atomic E-state index is 11.8. The van der Waals surface area contributed by atoms with E-state index in [1.165, 1.54) is 11.3 Å². The summed E-state index contributed by atoms with van der Waals surface area (Å²) in [5, 5.41) is 16.4. The lowest BCUT2D eigenvalue weighted by molar-refractivity contribution is -0.120. The van der Waals surface area contributed by atoms with Crippen molar-refractivity contribution in [2.24, 2.45) is 0 Å². The predicted octanol–water partition coefficient (Wildman–Crippen LogP) is 2.45. The van der Waals surface area contributed by atoms with Crippen LogP contribution in [-0.4, -0.2) is 17.6 Å². The number of benzene rings is 1. The molecule has 100 valence electrons. The number of rotatable bonds is 5. The minimum atomic E-state index is -0.632. The zero-order valence-corrected chi connectivity index (χ0v) is 11.6. The van der Waals surface area contributed by atoms with Crippen molar-refractivity contribution in [3.63, 3.8) is 0 Å². The molecule has 1 aromatic heterocycles. The number of hydrogen-bond acceptors (Lipinski definition) is 3. The number of amides is 1. The van der Waals surface area contributed by atoms with Gasteiger partial charge in [-0.15, -0.1) is 0 Å². The molecule has 0 radical (unpaired) electrons. The second-order valence-corrected chi connectivity index (χ2v) is 5.26. The molecule has 19 heavy (non-hydrogen) atoms. The summed E-state index contributed by atoms with van der Waals surface area (Å²) in [5.74, 6) is -0.0661. The third-order valence-electron chi connectivity index (χ3n) is 3.03. The molecule has 1 atom stereocenters. The van der Waals surface area contributed by atoms with Gasteiger partial charge in [0.2, 0.25) is 5.91 Å². The minimum absolute atomic E-state index is 0.0661. The molecule has 0 saturated heterocycles. The summed E-state index contributed by atoms with van der Waals surface area (Å²) in [6.45, 7) is 2.24. The molecular formula is C15H17NO2S. The van der Waals surface area contributed by atoms with Gasteiger partial charge >= 0.3 is 0 Å². The topological polar surface area (TPSA) is 49.3 Å². The van der Waals surface area contributed by atoms with E-state index in [9.17, 15) is 9.90 Å². The quantitative estimate of drug-likeness (QED) is 0.880. The summed E-state index contributed by atoms with van der Waals surface area (Å²) in [7, 11) is 0. The van der Waals surface area contributed by atoms with Crippen LogP contribution in [0, 0.1) is 6.92 Å². The summed E-state index contributed by atoms with van der Waals surface area (Å²) in [4.78, 5) is 11.8. The average Bonchev–Trinajstić information content (AvgIpc) is 2.93. The maximum atomic E-state index is 11.8. The van der Waals surface area contributed by atoms with Crippen molar-refractivity contribution >= 4 is 17.2 Å². The van der Waals surface area contributed by atoms with E-state index >= 15 is 0 Å². The monoisotopic (exact) mass is 275 g/mol. The van der Waals surface area contributed by atoms with E-state index in [2.05, 4.69) is 5.32 Å². The summed E-state index contributed by atoms with van der Waals surface area (Å²) >= 11 is 1.53. The number of thiophene rings is 1. The molecule has 0 saturated carbocycles. The first-order valence-corrected chi connectivity index (χ1v) is 7.12. The highest BCUT2D eigenvalue weighted by Crippen LogP contribution is 2.15. The number of aliphatic hydroxyl groups is 1. The van der Waals surface area contributed by atoms with E-state index in [1.807, 2.05) is 48.0 Å². The Bertz CT molecular complexity index is 537. The number of hydrogen-bond donors (Lipinski definition) is 2. The van der Waals surface area contributed by atoms with Crippen LogP contribution in [0.2, 0.25) is 0 Å². The Morgan fingerprint density at radius 1 is 1.37 bits per heavy atom. The maximum Gasteiger partial charge on any atom is 0.224 e. The molecular weight excluding hydrogens is 258 g/mol. The zero-order valence-electron chi connectivity index (χ0n) is 10.8. The van der Waals surface area contributed by atoms with Crippen LogP contribution in [-0.2, 0) is 11.2 Å². The van der Waals surface area contributed by atoms with Crippen LogP contribution >= 0.6 is 11.3 Å². The van der Waals surface area contributed by atoms with Crippen LogP contribution in [0.1, 0.15) is 22.8 Å². The standard InChI is InChI=1S/C15H17NO2S/c1-11-4-2-3-5-12(11)8-15(18)16-9-14(17)13-6-7-19-10-13/h2-7,10,14,17H,8-9H2,1H3,(H,16,18). The van der Waals surface area contributed by atoms with Crippen molar-refractivity contribution in [3.8, 4) is 0 Å². The van der Waals surface area contributed by atoms with Crippen molar-refractivity contribution in [2.75, 3.05) is 6.54 Å². The second-order valence-electron chi connectivity index (χ2n) is 4.48. The lowest BCUT2D eigenvalue weighted by Gasteiger charge is -2.11. The second kappa shape index (κ2) is 6.50. The van der Waals surface area contributed by atoms with Crippen LogP contribution < -0.4 is 5.32 Å². The van der Waals surface area contributed by atoms with Crippen molar-refractivity contribution in [1.82, 2.24) is 5.32 Å². The van der Waals surface area contributed by atoms with Gasteiger partial charge in [-0.3, -0.25) is 4.79 Å². The Kier molecular flexibility index (Phi) is 4.71. The van der Waals surface area contributed by atoms with E-state index in [-0.39, 0.29) is 12.5 Å². The van der Waals surface area contributed by atoms with E-state index in [0.29, 0.717) is 6.42 Å². The fourth-order valence-electron chi connectivity index (χ4n) is 1.84. The molecule has 0 bridgehead atoms. The zero-order chi connectivity index (χ0) is 13.7. The van der Waals surface area contributed by atoms with Gasteiger partial charge in [-0.25, -0.2) is 0 Å². The average molecular weight is 275 g/mol. The Hall–Kier alpha value is -1.65. The molecule has 0 aliphatic heterocycles. The van der Waals surface area contributed by atoms with Gasteiger partial charge in [-0.05, 0) is 40.4 Å². The molecule has 1 amide bonds. The summed E-state index contributed by atoms with van der Waals surface area (Å²) in [6, 6.07) is 9.68. The molecule has 0 aliphatic carbocycles. The molecule has 2 aromatic rings. The van der Waals surface area contributed by atoms with Crippen molar-refractivity contribution in [3.05, 3.63) is 57.8 Å². The van der Waals surface area contributed by atoms with Crippen LogP contribution in [0.4, 0.5) is 0 Å². The van der Waals surface area contributed by atoms with Crippen LogP contribution in [0.15, 0.2) is 41.1 Å². The normalized spacial score (nSPS) is 12.1. The summed E-state index contributed by atoms with van der Waals surface area (Å²) < 4.78 is 0. The lowest BCUT2D eigenvalue weighted by atomic mass is 10.1. The third-order valence-corrected chi connectivity index (χ3v) is 3.73. The highest BCUT2D eigenvalue weighted by molar-refractivity contribution is 7.07. The fourth-order valence-corrected chi connectivity index (χ4v) is 2.54. The van der Waals surface area contributed by atoms with Gasteiger partial charge in [0.1, 0.15) is 0 Å². The first kappa shape index (κ1) is 13.8. The van der Waals surface area contributed by atoms with Crippen LogP contribution in [0.5, 0.6) is 0 Å². The van der Waals surface area contributed by atoms with E-state index < -0.39 is 6.10 Å². The number of carbonyl (C=O) groups excluding carboxylic acids is 1. The highest BCUT2D eigenvalue weighted by Gasteiger charge is 2.10. The molecule has 1 unspecified atom stereocenters. The third kappa shape index (κ3) is 3.91. The van der Waals surface area contributed by atoms with Gasteiger partial charge in [-0.2, -0.15) is 11.3 Å². The SMILES string of the molecule is Cc1ccccc1CC(=O)NCC(O)c1ccsc1. The fraction of sp³-hybridized carbons (Fsp3) is 0.267. The molecule has 1 heterocycles. The largest absolute Gasteiger partial charge is 0.387 e. The first-order valence-electron chi connectivity index (χ1n) is 6.18. The molecule has 3 nitrogen and oxygen atoms in total. The Morgan fingerprint density at radius 3 is 2.84 bits per heavy atom. The number of carbonyl (C=O) groups is 1. The first-order chi connectivity index (χ1) is 9.16. The highest BCUT2D eigenvalue weighted by atomic mass is 32.1. The van der Waals surface area contributed by atoms with Crippen molar-refractivity contribution in [1.29, 1.82) is 0 Å². The number of aryl methyl sites for hydroxylation is 1. The summed E-state index contributed by atoms with van der Waals surface area (Å²) in [6.07, 6.45) is -0.282. The Morgan fingerprint density at radius 2 is 2.16 bits per heavy atom. The Balaban J connectivity index is 1.84. The van der Waals surface area contributed by atoms with Crippen LogP contribution in [0.3, 0.4) is 0 Å². The van der Waals surface area contributed by atoms with Gasteiger partial charge in [0.15, 0.2) is 0 Å². The van der Waals surface area contributed by atoms with Crippen molar-refractivity contribution in [2.45, 2.75) is 19.4 Å². The van der Waals surface area contributed by atoms with Gasteiger partial charge in [0, 0.05) is 6.54 Å². The van der Waals surface area contributed by atoms with Crippen molar-refractivity contribution < 1.29 is 9.90 Å². The smallest absolute Gasteiger partial charge is 0.224 e. The predicted molar refractivity (Wildman–Crippen MR) is 77.2 cm³/mol.